The molecule has 1 aromatic rings. The van der Waals surface area contributed by atoms with Gasteiger partial charge in [-0.15, -0.1) is 0 Å². The molecule has 2 fully saturated rings. The second-order valence-corrected chi connectivity index (χ2v) is 7.52. The number of hydrogen-bond acceptors (Lipinski definition) is 3. The lowest BCUT2D eigenvalue weighted by molar-refractivity contribution is -0.135. The fourth-order valence-electron chi connectivity index (χ4n) is 3.41. The zero-order valence-electron chi connectivity index (χ0n) is 14.8. The first kappa shape index (κ1) is 17.9. The van der Waals surface area contributed by atoms with E-state index in [-0.39, 0.29) is 23.0 Å². The first-order valence-corrected chi connectivity index (χ1v) is 8.74. The second kappa shape index (κ2) is 6.75. The van der Waals surface area contributed by atoms with Gasteiger partial charge in [0.2, 0.25) is 5.91 Å². The monoisotopic (exact) mass is 348 g/mol. The van der Waals surface area contributed by atoms with Crippen LogP contribution in [0.25, 0.3) is 0 Å². The fraction of sp³-hybridized carbons (Fsp3) is 0.579. The molecule has 3 rings (SSSR count). The van der Waals surface area contributed by atoms with Crippen molar-refractivity contribution in [3.8, 4) is 0 Å². The quantitative estimate of drug-likeness (QED) is 0.859. The highest BCUT2D eigenvalue weighted by Gasteiger charge is 2.50. The number of nitrogens with zero attached hydrogens (tertiary/aromatic N) is 1. The van der Waals surface area contributed by atoms with Crippen LogP contribution in [0.15, 0.2) is 24.3 Å². The Kier molecular flexibility index (Phi) is 4.82. The summed E-state index contributed by atoms with van der Waals surface area (Å²) in [6.07, 6.45) is 3.22. The lowest BCUT2D eigenvalue weighted by Gasteiger charge is -2.31. The molecule has 1 aromatic carbocycles. The zero-order valence-corrected chi connectivity index (χ0v) is 14.8. The number of hydrogen-bond donors (Lipinski definition) is 1. The zero-order chi connectivity index (χ0) is 18.1. The van der Waals surface area contributed by atoms with Crippen molar-refractivity contribution in [2.75, 3.05) is 26.8 Å². The average molecular weight is 348 g/mol. The van der Waals surface area contributed by atoms with Crippen molar-refractivity contribution in [3.63, 3.8) is 0 Å². The van der Waals surface area contributed by atoms with Crippen molar-refractivity contribution in [1.82, 2.24) is 10.2 Å². The Morgan fingerprint density at radius 1 is 1.24 bits per heavy atom. The van der Waals surface area contributed by atoms with Gasteiger partial charge in [-0.2, -0.15) is 0 Å². The second-order valence-electron chi connectivity index (χ2n) is 7.52. The molecular weight excluding hydrogens is 323 g/mol. The van der Waals surface area contributed by atoms with E-state index in [0.29, 0.717) is 38.1 Å². The molecule has 0 aromatic heterocycles. The van der Waals surface area contributed by atoms with Gasteiger partial charge in [-0.05, 0) is 49.9 Å². The molecule has 5 nitrogen and oxygen atoms in total. The Hall–Kier alpha value is -1.95. The van der Waals surface area contributed by atoms with Crippen LogP contribution in [-0.4, -0.2) is 49.1 Å². The molecule has 1 saturated heterocycles. The molecule has 6 heteroatoms. The summed E-state index contributed by atoms with van der Waals surface area (Å²) in [7, 11) is 1.62. The highest BCUT2D eigenvalue weighted by Crippen LogP contribution is 2.47. The van der Waals surface area contributed by atoms with Crippen LogP contribution in [0.2, 0.25) is 0 Å². The maximum absolute atomic E-state index is 13.1. The molecule has 1 unspecified atom stereocenters. The Balaban J connectivity index is 1.72. The molecule has 1 atom stereocenters. The summed E-state index contributed by atoms with van der Waals surface area (Å²) in [5, 5.41) is 3.08. The van der Waals surface area contributed by atoms with Crippen molar-refractivity contribution in [2.45, 2.75) is 38.1 Å². The molecular formula is C19H25FN2O3. The number of likely N-dealkylation sites (tertiary alicyclic amines) is 1. The smallest absolute Gasteiger partial charge is 0.251 e. The van der Waals surface area contributed by atoms with Crippen LogP contribution < -0.4 is 5.32 Å². The van der Waals surface area contributed by atoms with Crippen LogP contribution in [0.4, 0.5) is 4.39 Å². The topological polar surface area (TPSA) is 58.6 Å². The van der Waals surface area contributed by atoms with Gasteiger partial charge in [-0.1, -0.05) is 6.92 Å². The summed E-state index contributed by atoms with van der Waals surface area (Å²) >= 11 is 0. The fourth-order valence-corrected chi connectivity index (χ4v) is 3.41. The van der Waals surface area contributed by atoms with Gasteiger partial charge in [0.1, 0.15) is 5.82 Å². The van der Waals surface area contributed by atoms with Crippen LogP contribution >= 0.6 is 0 Å². The minimum Gasteiger partial charge on any atom is -0.385 e. The predicted octanol–water partition coefficient (Wildman–Crippen LogP) is 2.36. The molecule has 1 aliphatic heterocycles. The summed E-state index contributed by atoms with van der Waals surface area (Å²) in [6.45, 7) is 3.64. The van der Waals surface area contributed by atoms with Crippen LogP contribution in [0.5, 0.6) is 0 Å². The van der Waals surface area contributed by atoms with Gasteiger partial charge in [-0.3, -0.25) is 9.59 Å². The molecule has 2 aliphatic rings. The van der Waals surface area contributed by atoms with Crippen LogP contribution in [0, 0.1) is 11.2 Å². The Morgan fingerprint density at radius 2 is 1.92 bits per heavy atom. The average Bonchev–Trinajstić information content (AvgIpc) is 3.22. The Labute approximate surface area is 147 Å². The molecule has 0 bridgehead atoms. The van der Waals surface area contributed by atoms with Gasteiger partial charge in [-0.25, -0.2) is 4.39 Å². The van der Waals surface area contributed by atoms with Gasteiger partial charge in [0, 0.05) is 37.8 Å². The summed E-state index contributed by atoms with van der Waals surface area (Å²) < 4.78 is 18.3. The van der Waals surface area contributed by atoms with Crippen LogP contribution in [0.3, 0.4) is 0 Å². The van der Waals surface area contributed by atoms with Gasteiger partial charge in [0.05, 0.1) is 5.54 Å². The minimum absolute atomic E-state index is 0.183. The standard InChI is InChI=1S/C19H25FN2O3/c1-18(7-8-18)17(24)22-11-9-19(13-22,10-12-25-2)21-16(23)14-3-5-15(20)6-4-14/h3-6H,7-13H2,1-2H3,(H,21,23). The molecule has 0 spiro atoms. The highest BCUT2D eigenvalue weighted by atomic mass is 19.1. The summed E-state index contributed by atoms with van der Waals surface area (Å²) in [6, 6.07) is 5.49. The Bertz CT molecular complexity index is 657. The van der Waals surface area contributed by atoms with Crippen molar-refractivity contribution in [3.05, 3.63) is 35.6 Å². The number of rotatable bonds is 6. The number of halogens is 1. The van der Waals surface area contributed by atoms with Crippen LogP contribution in [-0.2, 0) is 9.53 Å². The largest absolute Gasteiger partial charge is 0.385 e. The van der Waals surface area contributed by atoms with Crippen molar-refractivity contribution >= 4 is 11.8 Å². The number of benzene rings is 1. The lowest BCUT2D eigenvalue weighted by atomic mass is 9.93. The summed E-state index contributed by atoms with van der Waals surface area (Å²) in [5.74, 6) is -0.438. The van der Waals surface area contributed by atoms with Gasteiger partial charge < -0.3 is 15.0 Å². The highest BCUT2D eigenvalue weighted by molar-refractivity contribution is 5.95. The number of methoxy groups -OCH3 is 1. The third-order valence-corrected chi connectivity index (χ3v) is 5.43. The van der Waals surface area contributed by atoms with E-state index >= 15 is 0 Å². The summed E-state index contributed by atoms with van der Waals surface area (Å²) in [4.78, 5) is 27.1. The third kappa shape index (κ3) is 3.84. The van der Waals surface area contributed by atoms with E-state index in [1.165, 1.54) is 24.3 Å². The molecule has 1 N–H and O–H groups in total. The maximum atomic E-state index is 13.1. The molecule has 1 aliphatic carbocycles. The molecule has 2 amide bonds. The van der Waals surface area contributed by atoms with Crippen molar-refractivity contribution in [2.24, 2.45) is 5.41 Å². The van der Waals surface area contributed by atoms with Crippen molar-refractivity contribution in [1.29, 1.82) is 0 Å². The third-order valence-electron chi connectivity index (χ3n) is 5.43. The van der Waals surface area contributed by atoms with Gasteiger partial charge in [0.15, 0.2) is 0 Å². The number of ether oxygens (including phenoxy) is 1. The first-order valence-electron chi connectivity index (χ1n) is 8.74. The molecule has 136 valence electrons. The number of carbonyl (C=O) groups is 2. The van der Waals surface area contributed by atoms with E-state index in [0.717, 1.165) is 12.8 Å². The SMILES string of the molecule is COCCC1(NC(=O)c2ccc(F)cc2)CCN(C(=O)C2(C)CC2)C1. The summed E-state index contributed by atoms with van der Waals surface area (Å²) in [5.41, 5.74) is -0.294. The Morgan fingerprint density at radius 3 is 2.52 bits per heavy atom. The van der Waals surface area contributed by atoms with E-state index in [1.807, 2.05) is 11.8 Å². The molecule has 0 radical (unpaired) electrons. The van der Waals surface area contributed by atoms with Gasteiger partial charge in [0.25, 0.3) is 5.91 Å². The predicted molar refractivity (Wildman–Crippen MR) is 91.6 cm³/mol. The lowest BCUT2D eigenvalue weighted by Crippen LogP contribution is -2.52. The van der Waals surface area contributed by atoms with E-state index in [9.17, 15) is 14.0 Å². The van der Waals surface area contributed by atoms with E-state index in [1.54, 1.807) is 7.11 Å². The van der Waals surface area contributed by atoms with Gasteiger partial charge >= 0.3 is 0 Å². The minimum atomic E-state index is -0.498. The molecule has 1 saturated carbocycles. The normalized spacial score (nSPS) is 24.2. The number of amides is 2. The van der Waals surface area contributed by atoms with Crippen molar-refractivity contribution < 1.29 is 18.7 Å². The maximum Gasteiger partial charge on any atom is 0.251 e. The number of carbonyl (C=O) groups excluding carboxylic acids is 2. The number of nitrogens with one attached hydrogen (secondary N) is 1. The first-order chi connectivity index (χ1) is 11.9. The van der Waals surface area contributed by atoms with Crippen LogP contribution in [0.1, 0.15) is 43.0 Å². The van der Waals surface area contributed by atoms with E-state index < -0.39 is 5.54 Å². The molecule has 1 heterocycles. The van der Waals surface area contributed by atoms with E-state index in [2.05, 4.69) is 5.32 Å². The molecule has 25 heavy (non-hydrogen) atoms. The van der Waals surface area contributed by atoms with E-state index in [4.69, 9.17) is 4.74 Å².